The van der Waals surface area contributed by atoms with Crippen LogP contribution in [0.3, 0.4) is 0 Å². The summed E-state index contributed by atoms with van der Waals surface area (Å²) in [6.45, 7) is 6.07. The summed E-state index contributed by atoms with van der Waals surface area (Å²) < 4.78 is 1.01. The molecule has 0 saturated heterocycles. The van der Waals surface area contributed by atoms with Gasteiger partial charge in [0.1, 0.15) is 0 Å². The maximum atomic E-state index is 11.9. The Morgan fingerprint density at radius 3 is 2.65 bits per heavy atom. The van der Waals surface area contributed by atoms with E-state index in [-0.39, 0.29) is 12.0 Å². The first-order valence-electron chi connectivity index (χ1n) is 5.65. The van der Waals surface area contributed by atoms with E-state index in [1.807, 2.05) is 26.0 Å². The average Bonchev–Trinajstić information content (AvgIpc) is 2.22. The molecule has 17 heavy (non-hydrogen) atoms. The first-order chi connectivity index (χ1) is 7.91. The molecule has 4 heteroatoms. The molecule has 0 heterocycles. The predicted molar refractivity (Wildman–Crippen MR) is 72.2 cm³/mol. The van der Waals surface area contributed by atoms with Crippen LogP contribution in [0.5, 0.6) is 0 Å². The van der Waals surface area contributed by atoms with E-state index in [0.29, 0.717) is 18.5 Å². The van der Waals surface area contributed by atoms with Crippen LogP contribution in [0.15, 0.2) is 16.6 Å². The van der Waals surface area contributed by atoms with Crippen molar-refractivity contribution in [1.29, 1.82) is 0 Å². The summed E-state index contributed by atoms with van der Waals surface area (Å²) >= 11 is 3.44. The molecule has 0 radical (unpaired) electrons. The molecule has 0 aliphatic carbocycles. The summed E-state index contributed by atoms with van der Waals surface area (Å²) in [6, 6.07) is 3.82. The van der Waals surface area contributed by atoms with Gasteiger partial charge < -0.3 is 10.4 Å². The van der Waals surface area contributed by atoms with E-state index >= 15 is 0 Å². The van der Waals surface area contributed by atoms with Crippen LogP contribution in [0.25, 0.3) is 0 Å². The van der Waals surface area contributed by atoms with E-state index < -0.39 is 0 Å². The normalized spacial score (nSPS) is 12.3. The number of benzene rings is 1. The van der Waals surface area contributed by atoms with Gasteiger partial charge in [0.25, 0.3) is 5.91 Å². The molecule has 1 rings (SSSR count). The van der Waals surface area contributed by atoms with Crippen LogP contribution in [-0.2, 0) is 0 Å². The molecule has 0 aliphatic heterocycles. The summed E-state index contributed by atoms with van der Waals surface area (Å²) in [5, 5.41) is 11.9. The number of aliphatic hydroxyl groups excluding tert-OH is 1. The number of nitrogens with one attached hydrogen (secondary N) is 1. The van der Waals surface area contributed by atoms with Crippen molar-refractivity contribution in [2.75, 3.05) is 6.54 Å². The second-order valence-corrected chi connectivity index (χ2v) is 5.16. The van der Waals surface area contributed by atoms with E-state index in [9.17, 15) is 4.79 Å². The van der Waals surface area contributed by atoms with Gasteiger partial charge in [-0.15, -0.1) is 0 Å². The van der Waals surface area contributed by atoms with Crippen LogP contribution in [0.2, 0.25) is 0 Å². The van der Waals surface area contributed by atoms with Gasteiger partial charge >= 0.3 is 0 Å². The Morgan fingerprint density at radius 2 is 2.06 bits per heavy atom. The fourth-order valence-electron chi connectivity index (χ4n) is 1.52. The van der Waals surface area contributed by atoms with Crippen LogP contribution >= 0.6 is 15.9 Å². The third-order valence-electron chi connectivity index (χ3n) is 2.60. The summed E-state index contributed by atoms with van der Waals surface area (Å²) in [7, 11) is 0. The number of amides is 1. The maximum absolute atomic E-state index is 11.9. The van der Waals surface area contributed by atoms with Gasteiger partial charge in [0.05, 0.1) is 6.10 Å². The molecule has 1 unspecified atom stereocenters. The highest BCUT2D eigenvalue weighted by molar-refractivity contribution is 9.10. The lowest BCUT2D eigenvalue weighted by molar-refractivity contribution is 0.0945. The molecule has 0 aromatic heterocycles. The Kier molecular flexibility index (Phi) is 5.15. The van der Waals surface area contributed by atoms with Crippen LogP contribution in [0.1, 0.15) is 34.8 Å². The molecule has 2 N–H and O–H groups in total. The topological polar surface area (TPSA) is 49.3 Å². The largest absolute Gasteiger partial charge is 0.393 e. The molecule has 1 aromatic carbocycles. The molecule has 0 aliphatic rings. The van der Waals surface area contributed by atoms with E-state index in [1.54, 1.807) is 6.92 Å². The highest BCUT2D eigenvalue weighted by atomic mass is 79.9. The SMILES string of the molecule is Cc1cc(C(=O)NCCC(C)O)c(C)cc1Br. The molecule has 94 valence electrons. The van der Waals surface area contributed by atoms with E-state index in [4.69, 9.17) is 5.11 Å². The Bertz CT molecular complexity index is 416. The molecule has 0 spiro atoms. The van der Waals surface area contributed by atoms with E-state index in [1.165, 1.54) is 0 Å². The smallest absolute Gasteiger partial charge is 0.251 e. The quantitative estimate of drug-likeness (QED) is 0.898. The van der Waals surface area contributed by atoms with Crippen molar-refractivity contribution in [3.05, 3.63) is 33.3 Å². The van der Waals surface area contributed by atoms with Crippen LogP contribution in [0.4, 0.5) is 0 Å². The highest BCUT2D eigenvalue weighted by Crippen LogP contribution is 2.20. The molecular weight excluding hydrogens is 282 g/mol. The molecule has 0 bridgehead atoms. The van der Waals surface area contributed by atoms with Gasteiger partial charge in [-0.25, -0.2) is 0 Å². The van der Waals surface area contributed by atoms with Gasteiger partial charge in [-0.1, -0.05) is 15.9 Å². The average molecular weight is 300 g/mol. The standard InChI is InChI=1S/C13H18BrNO2/c1-8-7-12(14)9(2)6-11(8)13(17)15-5-4-10(3)16/h6-7,10,16H,4-5H2,1-3H3,(H,15,17). The second-order valence-electron chi connectivity index (χ2n) is 4.31. The van der Waals surface area contributed by atoms with Crippen molar-refractivity contribution < 1.29 is 9.90 Å². The Balaban J connectivity index is 2.72. The van der Waals surface area contributed by atoms with Gasteiger partial charge in [0.15, 0.2) is 0 Å². The predicted octanol–water partition coefficient (Wildman–Crippen LogP) is 2.57. The number of carbonyl (C=O) groups excluding carboxylic acids is 1. The van der Waals surface area contributed by atoms with Gasteiger partial charge in [-0.2, -0.15) is 0 Å². The molecular formula is C13H18BrNO2. The lowest BCUT2D eigenvalue weighted by Gasteiger charge is -2.10. The fraction of sp³-hybridized carbons (Fsp3) is 0.462. The number of rotatable bonds is 4. The fourth-order valence-corrected chi connectivity index (χ4v) is 1.97. The van der Waals surface area contributed by atoms with Crippen LogP contribution in [-0.4, -0.2) is 23.7 Å². The zero-order valence-electron chi connectivity index (χ0n) is 10.4. The minimum absolute atomic E-state index is 0.0845. The number of aryl methyl sites for hydroxylation is 2. The van der Waals surface area contributed by atoms with Crippen molar-refractivity contribution in [3.8, 4) is 0 Å². The summed E-state index contributed by atoms with van der Waals surface area (Å²) in [4.78, 5) is 11.9. The van der Waals surface area contributed by atoms with Gasteiger partial charge in [0.2, 0.25) is 0 Å². The van der Waals surface area contributed by atoms with Gasteiger partial charge in [-0.3, -0.25) is 4.79 Å². The Labute approximate surface area is 110 Å². The number of hydrogen-bond acceptors (Lipinski definition) is 2. The molecule has 1 atom stereocenters. The van der Waals surface area contributed by atoms with E-state index in [0.717, 1.165) is 15.6 Å². The van der Waals surface area contributed by atoms with Crippen molar-refractivity contribution in [3.63, 3.8) is 0 Å². The first kappa shape index (κ1) is 14.2. The minimum Gasteiger partial charge on any atom is -0.393 e. The number of hydrogen-bond donors (Lipinski definition) is 2. The second kappa shape index (κ2) is 6.17. The van der Waals surface area contributed by atoms with Crippen molar-refractivity contribution >= 4 is 21.8 Å². The lowest BCUT2D eigenvalue weighted by atomic mass is 10.1. The number of aliphatic hydroxyl groups is 1. The lowest BCUT2D eigenvalue weighted by Crippen LogP contribution is -2.27. The minimum atomic E-state index is -0.386. The number of carbonyl (C=O) groups is 1. The molecule has 0 fully saturated rings. The van der Waals surface area contributed by atoms with E-state index in [2.05, 4.69) is 21.2 Å². The Morgan fingerprint density at radius 1 is 1.41 bits per heavy atom. The molecule has 0 saturated carbocycles. The molecule has 1 amide bonds. The van der Waals surface area contributed by atoms with Crippen molar-refractivity contribution in [2.24, 2.45) is 0 Å². The van der Waals surface area contributed by atoms with Crippen molar-refractivity contribution in [2.45, 2.75) is 33.3 Å². The maximum Gasteiger partial charge on any atom is 0.251 e. The first-order valence-corrected chi connectivity index (χ1v) is 6.44. The monoisotopic (exact) mass is 299 g/mol. The van der Waals surface area contributed by atoms with Crippen molar-refractivity contribution in [1.82, 2.24) is 5.32 Å². The zero-order valence-corrected chi connectivity index (χ0v) is 12.0. The van der Waals surface area contributed by atoms with Crippen LogP contribution in [0, 0.1) is 13.8 Å². The Hall–Kier alpha value is -0.870. The third kappa shape index (κ3) is 4.13. The molecule has 1 aromatic rings. The highest BCUT2D eigenvalue weighted by Gasteiger charge is 2.10. The summed E-state index contributed by atoms with van der Waals surface area (Å²) in [6.07, 6.45) is 0.184. The van der Waals surface area contributed by atoms with Crippen LogP contribution < -0.4 is 5.32 Å². The van der Waals surface area contributed by atoms with Gasteiger partial charge in [0, 0.05) is 16.6 Å². The summed E-state index contributed by atoms with van der Waals surface area (Å²) in [5.74, 6) is -0.0845. The summed E-state index contributed by atoms with van der Waals surface area (Å²) in [5.41, 5.74) is 2.67. The third-order valence-corrected chi connectivity index (χ3v) is 3.45. The molecule has 3 nitrogen and oxygen atoms in total. The van der Waals surface area contributed by atoms with Gasteiger partial charge in [-0.05, 0) is 50.5 Å². The number of halogens is 1. The zero-order chi connectivity index (χ0) is 13.0.